The van der Waals surface area contributed by atoms with E-state index in [4.69, 9.17) is 10.5 Å². The van der Waals surface area contributed by atoms with Crippen molar-refractivity contribution in [2.24, 2.45) is 0 Å². The van der Waals surface area contributed by atoms with E-state index in [0.717, 1.165) is 0 Å². The van der Waals surface area contributed by atoms with Crippen LogP contribution in [-0.4, -0.2) is 69.3 Å². The number of imidazole rings is 1. The maximum atomic E-state index is 12.7. The molecule has 10 nitrogen and oxygen atoms in total. The highest BCUT2D eigenvalue weighted by molar-refractivity contribution is 6.04. The summed E-state index contributed by atoms with van der Waals surface area (Å²) in [5, 5.41) is 12.3. The lowest BCUT2D eigenvalue weighted by molar-refractivity contribution is 0.00588. The fourth-order valence-corrected chi connectivity index (χ4v) is 3.46. The van der Waals surface area contributed by atoms with Crippen molar-refractivity contribution >= 4 is 34.6 Å². The molecule has 10 heteroatoms. The highest BCUT2D eigenvalue weighted by atomic mass is 16.5. The molecule has 0 bridgehead atoms. The van der Waals surface area contributed by atoms with Gasteiger partial charge in [0.05, 0.1) is 11.7 Å². The van der Waals surface area contributed by atoms with E-state index in [1.807, 2.05) is 0 Å². The Balaban J connectivity index is 1.64. The number of pyridine rings is 1. The molecule has 0 radical (unpaired) electrons. The number of likely N-dealkylation sites (tertiary alicyclic amines) is 1. The van der Waals surface area contributed by atoms with E-state index in [2.05, 4.69) is 15.3 Å². The number of hydrogen-bond donors (Lipinski definition) is 3. The summed E-state index contributed by atoms with van der Waals surface area (Å²) >= 11 is 0. The third-order valence-corrected chi connectivity index (χ3v) is 5.09. The number of aliphatic hydroxyl groups excluding tert-OH is 1. The van der Waals surface area contributed by atoms with Gasteiger partial charge in [-0.05, 0) is 30.7 Å². The van der Waals surface area contributed by atoms with Crippen molar-refractivity contribution in [2.75, 3.05) is 37.9 Å². The number of fused-ring (bicyclic) bond motifs is 1. The number of aromatic nitrogens is 3. The first-order valence-corrected chi connectivity index (χ1v) is 9.95. The SMILES string of the molecule is COCCCn1c(NC(=O)c2cccc(N)c2)nc2cc(C(=O)N3CC(O)C3)cnc21. The van der Waals surface area contributed by atoms with Crippen molar-refractivity contribution in [2.45, 2.75) is 19.1 Å². The molecular weight excluding hydrogens is 400 g/mol. The van der Waals surface area contributed by atoms with E-state index < -0.39 is 6.10 Å². The van der Waals surface area contributed by atoms with Gasteiger partial charge in [0.2, 0.25) is 5.95 Å². The van der Waals surface area contributed by atoms with Gasteiger partial charge in [-0.25, -0.2) is 9.97 Å². The zero-order valence-corrected chi connectivity index (χ0v) is 17.1. The van der Waals surface area contributed by atoms with Crippen molar-refractivity contribution in [3.63, 3.8) is 0 Å². The molecule has 31 heavy (non-hydrogen) atoms. The minimum Gasteiger partial charge on any atom is -0.399 e. The summed E-state index contributed by atoms with van der Waals surface area (Å²) in [6.07, 6.45) is 1.71. The Labute approximate surface area is 178 Å². The average Bonchev–Trinajstić information content (AvgIpc) is 3.07. The number of hydrogen-bond acceptors (Lipinski definition) is 7. The number of nitrogens with one attached hydrogen (secondary N) is 1. The molecule has 0 atom stereocenters. The molecule has 0 unspecified atom stereocenters. The summed E-state index contributed by atoms with van der Waals surface area (Å²) in [5.74, 6) is -0.226. The second kappa shape index (κ2) is 8.70. The van der Waals surface area contributed by atoms with Crippen molar-refractivity contribution in [3.05, 3.63) is 47.7 Å². The number of aliphatic hydroxyl groups is 1. The van der Waals surface area contributed by atoms with Crippen molar-refractivity contribution in [1.29, 1.82) is 0 Å². The van der Waals surface area contributed by atoms with E-state index in [1.54, 1.807) is 46.9 Å². The van der Waals surface area contributed by atoms with Crippen molar-refractivity contribution in [3.8, 4) is 0 Å². The van der Waals surface area contributed by atoms with Crippen molar-refractivity contribution < 1.29 is 19.4 Å². The number of ether oxygens (including phenoxy) is 1. The molecule has 2 amide bonds. The van der Waals surface area contributed by atoms with E-state index >= 15 is 0 Å². The number of rotatable bonds is 7. The number of benzene rings is 1. The smallest absolute Gasteiger partial charge is 0.258 e. The lowest BCUT2D eigenvalue weighted by Crippen LogP contribution is -2.53. The Morgan fingerprint density at radius 3 is 2.81 bits per heavy atom. The fraction of sp³-hybridized carbons (Fsp3) is 0.333. The highest BCUT2D eigenvalue weighted by Crippen LogP contribution is 2.22. The summed E-state index contributed by atoms with van der Waals surface area (Å²) in [4.78, 5) is 35.8. The van der Waals surface area contributed by atoms with Crippen LogP contribution in [0.3, 0.4) is 0 Å². The third kappa shape index (κ3) is 4.35. The van der Waals surface area contributed by atoms with Crippen LogP contribution >= 0.6 is 0 Å². The Kier molecular flexibility index (Phi) is 5.83. The molecule has 1 aromatic carbocycles. The molecule has 0 spiro atoms. The molecule has 3 heterocycles. The van der Waals surface area contributed by atoms with Crippen LogP contribution in [0, 0.1) is 0 Å². The molecule has 4 N–H and O–H groups in total. The van der Waals surface area contributed by atoms with Crippen LogP contribution in [0.2, 0.25) is 0 Å². The number of methoxy groups -OCH3 is 1. The van der Waals surface area contributed by atoms with Gasteiger partial charge in [0.1, 0.15) is 5.52 Å². The van der Waals surface area contributed by atoms with Crippen LogP contribution in [-0.2, 0) is 11.3 Å². The zero-order chi connectivity index (χ0) is 22.0. The second-order valence-corrected chi connectivity index (χ2v) is 7.44. The summed E-state index contributed by atoms with van der Waals surface area (Å²) < 4.78 is 6.93. The van der Waals surface area contributed by atoms with Crippen LogP contribution < -0.4 is 11.1 Å². The Morgan fingerprint density at radius 1 is 1.29 bits per heavy atom. The number of amides is 2. The standard InChI is InChI=1S/C21H24N6O4/c1-31-7-3-6-27-18-17(9-14(10-23-18)20(30)26-11-16(28)12-26)24-21(27)25-19(29)13-4-2-5-15(22)8-13/h2,4-5,8-10,16,28H,3,6-7,11-12,22H2,1H3,(H,24,25,29). The monoisotopic (exact) mass is 424 g/mol. The summed E-state index contributed by atoms with van der Waals surface area (Å²) in [6.45, 7) is 1.68. The van der Waals surface area contributed by atoms with E-state index in [-0.39, 0.29) is 11.8 Å². The molecule has 1 fully saturated rings. The van der Waals surface area contributed by atoms with Crippen LogP contribution in [0.15, 0.2) is 36.5 Å². The molecule has 2 aromatic heterocycles. The van der Waals surface area contributed by atoms with Gasteiger partial charge in [-0.1, -0.05) is 6.07 Å². The van der Waals surface area contributed by atoms with E-state index in [0.29, 0.717) is 66.6 Å². The molecular formula is C21H24N6O4. The molecule has 4 rings (SSSR count). The summed E-state index contributed by atoms with van der Waals surface area (Å²) in [6, 6.07) is 8.32. The number of β-amino-alcohol motifs (C(OH)–C–C–N with tert-alkyl or cyclic N) is 1. The first kappa shape index (κ1) is 20.8. The fourth-order valence-electron chi connectivity index (χ4n) is 3.46. The van der Waals surface area contributed by atoms with Crippen LogP contribution in [0.5, 0.6) is 0 Å². The van der Waals surface area contributed by atoms with E-state index in [1.165, 1.54) is 6.20 Å². The minimum absolute atomic E-state index is 0.209. The molecule has 162 valence electrons. The highest BCUT2D eigenvalue weighted by Gasteiger charge is 2.30. The van der Waals surface area contributed by atoms with Crippen molar-refractivity contribution in [1.82, 2.24) is 19.4 Å². The van der Waals surface area contributed by atoms with Crippen LogP contribution in [0.4, 0.5) is 11.6 Å². The van der Waals surface area contributed by atoms with E-state index in [9.17, 15) is 14.7 Å². The van der Waals surface area contributed by atoms with Gasteiger partial charge in [0.25, 0.3) is 11.8 Å². The van der Waals surface area contributed by atoms with Gasteiger partial charge in [-0.15, -0.1) is 0 Å². The largest absolute Gasteiger partial charge is 0.399 e. The van der Waals surface area contributed by atoms with Crippen LogP contribution in [0.1, 0.15) is 27.1 Å². The lowest BCUT2D eigenvalue weighted by Gasteiger charge is -2.35. The first-order valence-electron chi connectivity index (χ1n) is 9.95. The maximum Gasteiger partial charge on any atom is 0.258 e. The average molecular weight is 424 g/mol. The van der Waals surface area contributed by atoms with Gasteiger partial charge in [-0.3, -0.25) is 19.5 Å². The van der Waals surface area contributed by atoms with Crippen LogP contribution in [0.25, 0.3) is 11.2 Å². The molecule has 0 aliphatic carbocycles. The number of carbonyl (C=O) groups excluding carboxylic acids is 2. The van der Waals surface area contributed by atoms with Gasteiger partial charge in [0.15, 0.2) is 5.65 Å². The number of nitrogens with zero attached hydrogens (tertiary/aromatic N) is 4. The first-order chi connectivity index (χ1) is 15.0. The Morgan fingerprint density at radius 2 is 2.10 bits per heavy atom. The zero-order valence-electron chi connectivity index (χ0n) is 17.1. The number of carbonyl (C=O) groups is 2. The number of anilines is 2. The number of nitrogen functional groups attached to an aromatic ring is 1. The second-order valence-electron chi connectivity index (χ2n) is 7.44. The van der Waals surface area contributed by atoms with Gasteiger partial charge < -0.3 is 20.5 Å². The third-order valence-electron chi connectivity index (χ3n) is 5.09. The molecule has 0 saturated carbocycles. The Hall–Kier alpha value is -3.50. The number of nitrogens with two attached hydrogens (primary N) is 1. The molecule has 3 aromatic rings. The lowest BCUT2D eigenvalue weighted by atomic mass is 10.1. The molecule has 1 aliphatic rings. The summed E-state index contributed by atoms with van der Waals surface area (Å²) in [5.41, 5.74) is 8.11. The quantitative estimate of drug-likeness (QED) is 0.382. The predicted molar refractivity (Wildman–Crippen MR) is 115 cm³/mol. The predicted octanol–water partition coefficient (Wildman–Crippen LogP) is 1.12. The maximum absolute atomic E-state index is 12.7. The normalized spacial score (nSPS) is 13.9. The molecule has 1 aliphatic heterocycles. The van der Waals surface area contributed by atoms with Gasteiger partial charge in [0, 0.05) is 50.8 Å². The topological polar surface area (TPSA) is 136 Å². The van der Waals surface area contributed by atoms with Gasteiger partial charge in [-0.2, -0.15) is 0 Å². The Bertz CT molecular complexity index is 1120. The number of aryl methyl sites for hydroxylation is 1. The molecule has 1 saturated heterocycles. The van der Waals surface area contributed by atoms with Gasteiger partial charge >= 0.3 is 0 Å². The summed E-state index contributed by atoms with van der Waals surface area (Å²) in [7, 11) is 1.62. The minimum atomic E-state index is -0.477.